The molecule has 1 aromatic heterocycles. The number of nitrogens with two attached hydrogens (primary N) is 1. The molecular formula is C21H27F3N4O3. The van der Waals surface area contributed by atoms with E-state index in [1.807, 2.05) is 0 Å². The Balaban J connectivity index is 2.48. The summed E-state index contributed by atoms with van der Waals surface area (Å²) in [5.74, 6) is -1.28. The molecule has 1 aromatic carbocycles. The molecule has 0 fully saturated rings. The number of benzene rings is 1. The molecule has 7 nitrogen and oxygen atoms in total. The summed E-state index contributed by atoms with van der Waals surface area (Å²) < 4.78 is 42.1. The third kappa shape index (κ3) is 5.43. The topological polar surface area (TPSA) is 99.1 Å². The molecule has 0 saturated carbocycles. The van der Waals surface area contributed by atoms with Crippen LogP contribution in [0, 0.1) is 5.41 Å². The molecule has 0 radical (unpaired) electrons. The summed E-state index contributed by atoms with van der Waals surface area (Å²) in [7, 11) is 0. The fourth-order valence-electron chi connectivity index (χ4n) is 3.37. The van der Waals surface area contributed by atoms with Gasteiger partial charge in [0.25, 0.3) is 5.56 Å². The number of carbonyl (C=O) groups excluding carboxylic acids is 1. The molecule has 0 unspecified atom stereocenters. The second-order valence-electron chi connectivity index (χ2n) is 8.31. The van der Waals surface area contributed by atoms with E-state index >= 15 is 0 Å². The van der Waals surface area contributed by atoms with Crippen LogP contribution in [0.25, 0.3) is 0 Å². The van der Waals surface area contributed by atoms with Gasteiger partial charge in [0.1, 0.15) is 17.4 Å². The van der Waals surface area contributed by atoms with E-state index in [-0.39, 0.29) is 18.9 Å². The van der Waals surface area contributed by atoms with Crippen LogP contribution in [0.5, 0.6) is 0 Å². The average Bonchev–Trinajstić information content (AvgIpc) is 2.64. The highest BCUT2D eigenvalue weighted by Crippen LogP contribution is 2.33. The molecule has 0 spiro atoms. The average molecular weight is 440 g/mol. The van der Waals surface area contributed by atoms with Gasteiger partial charge in [0, 0.05) is 6.54 Å². The van der Waals surface area contributed by atoms with Crippen molar-refractivity contribution in [1.82, 2.24) is 14.5 Å². The van der Waals surface area contributed by atoms with Crippen LogP contribution in [0.2, 0.25) is 0 Å². The van der Waals surface area contributed by atoms with Gasteiger partial charge in [-0.15, -0.1) is 0 Å². The lowest BCUT2D eigenvalue weighted by Gasteiger charge is -2.33. The summed E-state index contributed by atoms with van der Waals surface area (Å²) in [5, 5.41) is 2.21. The quantitative estimate of drug-likeness (QED) is 0.645. The maximum absolute atomic E-state index is 13.4. The summed E-state index contributed by atoms with van der Waals surface area (Å²) in [6, 6.07) is 6.81. The molecule has 2 rings (SSSR count). The van der Waals surface area contributed by atoms with Crippen molar-refractivity contribution in [2.45, 2.75) is 53.0 Å². The monoisotopic (exact) mass is 440 g/mol. The first kappa shape index (κ1) is 24.4. The van der Waals surface area contributed by atoms with Gasteiger partial charge in [-0.05, 0) is 17.9 Å². The molecule has 0 saturated heterocycles. The van der Waals surface area contributed by atoms with Gasteiger partial charge >= 0.3 is 11.9 Å². The standard InChI is InChI=1S/C21H27F3N4O3/c1-5-27-17(30)15(14(29)11-26-18(20(2,3)4)21(22,23)24)16(25)28(19(27)31)12-13-9-7-6-8-10-13/h6-10,18,26H,5,11-12,25H2,1-4H3/t18-/m1/s1. The second-order valence-corrected chi connectivity index (χ2v) is 8.31. The molecule has 1 atom stereocenters. The van der Waals surface area contributed by atoms with Crippen molar-refractivity contribution in [2.75, 3.05) is 12.3 Å². The number of nitrogens with zero attached hydrogens (tertiary/aromatic N) is 2. The fourth-order valence-corrected chi connectivity index (χ4v) is 3.37. The predicted octanol–water partition coefficient (Wildman–Crippen LogP) is 2.41. The maximum atomic E-state index is 13.4. The van der Waals surface area contributed by atoms with E-state index in [0.29, 0.717) is 5.56 Å². The Morgan fingerprint density at radius 1 is 1.10 bits per heavy atom. The van der Waals surface area contributed by atoms with E-state index in [1.165, 1.54) is 20.8 Å². The van der Waals surface area contributed by atoms with Crippen LogP contribution in [0.15, 0.2) is 39.9 Å². The molecule has 10 heteroatoms. The van der Waals surface area contributed by atoms with E-state index in [1.54, 1.807) is 37.3 Å². The minimum absolute atomic E-state index is 0.00661. The van der Waals surface area contributed by atoms with E-state index < -0.39 is 46.8 Å². The molecule has 3 N–H and O–H groups in total. The molecular weight excluding hydrogens is 413 g/mol. The van der Waals surface area contributed by atoms with Crippen LogP contribution >= 0.6 is 0 Å². The molecule has 0 aliphatic carbocycles. The Labute approximate surface area is 177 Å². The zero-order valence-electron chi connectivity index (χ0n) is 17.9. The largest absolute Gasteiger partial charge is 0.404 e. The lowest BCUT2D eigenvalue weighted by atomic mass is 9.86. The number of ketones is 1. The first-order valence-electron chi connectivity index (χ1n) is 9.79. The van der Waals surface area contributed by atoms with Gasteiger partial charge < -0.3 is 5.73 Å². The molecule has 0 aliphatic rings. The van der Waals surface area contributed by atoms with Crippen molar-refractivity contribution >= 4 is 11.6 Å². The lowest BCUT2D eigenvalue weighted by Crippen LogP contribution is -2.53. The number of nitrogen functional groups attached to an aromatic ring is 1. The molecule has 2 aromatic rings. The Kier molecular flexibility index (Phi) is 7.15. The summed E-state index contributed by atoms with van der Waals surface area (Å²) >= 11 is 0. The number of aromatic nitrogens is 2. The van der Waals surface area contributed by atoms with Crippen LogP contribution in [-0.4, -0.2) is 33.7 Å². The fraction of sp³-hybridized carbons (Fsp3) is 0.476. The Morgan fingerprint density at radius 3 is 2.16 bits per heavy atom. The second kappa shape index (κ2) is 9.09. The van der Waals surface area contributed by atoms with Crippen LogP contribution in [0.1, 0.15) is 43.6 Å². The molecule has 1 heterocycles. The first-order valence-corrected chi connectivity index (χ1v) is 9.79. The highest BCUT2D eigenvalue weighted by molar-refractivity contribution is 6.01. The third-order valence-corrected chi connectivity index (χ3v) is 4.91. The van der Waals surface area contributed by atoms with E-state index in [4.69, 9.17) is 5.73 Å². The van der Waals surface area contributed by atoms with Crippen molar-refractivity contribution in [3.8, 4) is 0 Å². The van der Waals surface area contributed by atoms with Gasteiger partial charge in [0.2, 0.25) is 0 Å². The molecule has 0 amide bonds. The molecule has 31 heavy (non-hydrogen) atoms. The predicted molar refractivity (Wildman–Crippen MR) is 112 cm³/mol. The van der Waals surface area contributed by atoms with Gasteiger partial charge in [-0.2, -0.15) is 13.2 Å². The normalized spacial score (nSPS) is 13.3. The van der Waals surface area contributed by atoms with Gasteiger partial charge in [0.05, 0.1) is 13.1 Å². The zero-order valence-corrected chi connectivity index (χ0v) is 17.9. The Hall–Kier alpha value is -2.88. The number of hydrogen-bond donors (Lipinski definition) is 2. The molecule has 0 bridgehead atoms. The summed E-state index contributed by atoms with van der Waals surface area (Å²) in [6.45, 7) is 4.95. The van der Waals surface area contributed by atoms with Crippen LogP contribution in [0.4, 0.5) is 19.0 Å². The molecule has 0 aliphatic heterocycles. The van der Waals surface area contributed by atoms with Crippen molar-refractivity contribution in [3.63, 3.8) is 0 Å². The van der Waals surface area contributed by atoms with Crippen molar-refractivity contribution < 1.29 is 18.0 Å². The number of rotatable bonds is 7. The van der Waals surface area contributed by atoms with Gasteiger partial charge in [-0.3, -0.25) is 24.0 Å². The summed E-state index contributed by atoms with van der Waals surface area (Å²) in [5.41, 5.74) is 3.39. The number of alkyl halides is 3. The molecule has 170 valence electrons. The number of hydrogen-bond acceptors (Lipinski definition) is 5. The van der Waals surface area contributed by atoms with E-state index in [2.05, 4.69) is 5.32 Å². The van der Waals surface area contributed by atoms with Gasteiger partial charge in [-0.1, -0.05) is 51.1 Å². The third-order valence-electron chi connectivity index (χ3n) is 4.91. The maximum Gasteiger partial charge on any atom is 0.404 e. The number of halogens is 3. The lowest BCUT2D eigenvalue weighted by molar-refractivity contribution is -0.176. The van der Waals surface area contributed by atoms with Crippen molar-refractivity contribution in [1.29, 1.82) is 0 Å². The summed E-state index contributed by atoms with van der Waals surface area (Å²) in [4.78, 5) is 38.2. The highest BCUT2D eigenvalue weighted by atomic mass is 19.4. The first-order chi connectivity index (χ1) is 14.3. The Morgan fingerprint density at radius 2 is 1.68 bits per heavy atom. The van der Waals surface area contributed by atoms with Gasteiger partial charge in [0.15, 0.2) is 5.78 Å². The SMILES string of the molecule is CCn1c(=O)c(C(=O)CN[C@H](C(C)(C)C)C(F)(F)F)c(N)n(Cc2ccccc2)c1=O. The van der Waals surface area contributed by atoms with Crippen LogP contribution < -0.4 is 22.3 Å². The number of nitrogens with one attached hydrogen (secondary N) is 1. The summed E-state index contributed by atoms with van der Waals surface area (Å²) in [6.07, 6.45) is -4.60. The Bertz CT molecular complexity index is 1040. The van der Waals surface area contributed by atoms with Crippen LogP contribution in [-0.2, 0) is 13.1 Å². The zero-order chi connectivity index (χ0) is 23.6. The highest BCUT2D eigenvalue weighted by Gasteiger charge is 2.46. The number of carbonyl (C=O) groups is 1. The number of Topliss-reactive ketones (excluding diaryl/α,β-unsaturated/α-hetero) is 1. The van der Waals surface area contributed by atoms with Gasteiger partial charge in [-0.25, -0.2) is 4.79 Å². The smallest absolute Gasteiger partial charge is 0.384 e. The van der Waals surface area contributed by atoms with Crippen molar-refractivity contribution in [2.24, 2.45) is 5.41 Å². The minimum atomic E-state index is -4.60. The number of anilines is 1. The van der Waals surface area contributed by atoms with E-state index in [0.717, 1.165) is 9.13 Å². The van der Waals surface area contributed by atoms with Crippen molar-refractivity contribution in [3.05, 3.63) is 62.3 Å². The van der Waals surface area contributed by atoms with Crippen LogP contribution in [0.3, 0.4) is 0 Å². The van der Waals surface area contributed by atoms with E-state index in [9.17, 15) is 27.6 Å². The minimum Gasteiger partial charge on any atom is -0.384 e.